The van der Waals surface area contributed by atoms with E-state index in [2.05, 4.69) is 29.2 Å². The number of nitrogens with zero attached hydrogens (tertiary/aromatic N) is 3. The van der Waals surface area contributed by atoms with Crippen LogP contribution in [-0.2, 0) is 13.1 Å². The molecule has 0 saturated heterocycles. The van der Waals surface area contributed by atoms with Crippen molar-refractivity contribution >= 4 is 11.6 Å². The Labute approximate surface area is 130 Å². The molecular formula is C15H21ClN4O. The van der Waals surface area contributed by atoms with Crippen LogP contribution in [0.4, 0.5) is 0 Å². The van der Waals surface area contributed by atoms with E-state index in [1.165, 1.54) is 0 Å². The molecule has 2 heterocycles. The lowest BCUT2D eigenvalue weighted by molar-refractivity contribution is 0.460. The Morgan fingerprint density at radius 1 is 1.29 bits per heavy atom. The monoisotopic (exact) mass is 308 g/mol. The summed E-state index contributed by atoms with van der Waals surface area (Å²) in [7, 11) is 0. The minimum Gasteiger partial charge on any atom is -0.436 e. The van der Waals surface area contributed by atoms with Gasteiger partial charge in [0.1, 0.15) is 0 Å². The van der Waals surface area contributed by atoms with Crippen LogP contribution >= 0.6 is 11.6 Å². The predicted octanol–water partition coefficient (Wildman–Crippen LogP) is 3.63. The maximum atomic E-state index is 6.15. The van der Waals surface area contributed by atoms with Gasteiger partial charge in [0.25, 0.3) is 0 Å². The number of halogens is 1. The molecule has 114 valence electrons. The van der Waals surface area contributed by atoms with E-state index in [1.807, 2.05) is 16.9 Å². The van der Waals surface area contributed by atoms with Crippen molar-refractivity contribution in [2.24, 2.45) is 0 Å². The van der Waals surface area contributed by atoms with E-state index in [9.17, 15) is 0 Å². The smallest absolute Gasteiger partial charge is 0.219 e. The first-order valence-electron chi connectivity index (χ1n) is 7.28. The Bertz CT molecular complexity index is 571. The van der Waals surface area contributed by atoms with Crippen molar-refractivity contribution in [3.63, 3.8) is 0 Å². The fourth-order valence-corrected chi connectivity index (χ4v) is 2.09. The van der Waals surface area contributed by atoms with Crippen molar-refractivity contribution in [3.05, 3.63) is 35.2 Å². The molecule has 0 fully saturated rings. The number of hydrogen-bond acceptors (Lipinski definition) is 4. The molecule has 0 bridgehead atoms. The summed E-state index contributed by atoms with van der Waals surface area (Å²) in [4.78, 5) is 4.20. The van der Waals surface area contributed by atoms with Crippen molar-refractivity contribution in [3.8, 4) is 11.6 Å². The maximum absolute atomic E-state index is 6.15. The van der Waals surface area contributed by atoms with Crippen molar-refractivity contribution < 1.29 is 4.74 Å². The van der Waals surface area contributed by atoms with Gasteiger partial charge < -0.3 is 10.1 Å². The molecular weight excluding hydrogens is 288 g/mol. The van der Waals surface area contributed by atoms with Gasteiger partial charge in [-0.25, -0.2) is 4.98 Å². The Kier molecular flexibility index (Phi) is 6.02. The Balaban J connectivity index is 2.03. The van der Waals surface area contributed by atoms with Crippen molar-refractivity contribution in [1.82, 2.24) is 20.1 Å². The number of aryl methyl sites for hydroxylation is 1. The van der Waals surface area contributed by atoms with E-state index in [0.717, 1.165) is 31.5 Å². The van der Waals surface area contributed by atoms with E-state index in [-0.39, 0.29) is 0 Å². The third-order valence-electron chi connectivity index (χ3n) is 2.94. The summed E-state index contributed by atoms with van der Waals surface area (Å²) in [6, 6.07) is 1.86. The molecule has 0 aliphatic rings. The number of rotatable bonds is 8. The second kappa shape index (κ2) is 8.00. The number of nitrogens with one attached hydrogen (secondary N) is 1. The largest absolute Gasteiger partial charge is 0.436 e. The maximum Gasteiger partial charge on any atom is 0.219 e. The van der Waals surface area contributed by atoms with Crippen LogP contribution < -0.4 is 10.1 Å². The predicted molar refractivity (Wildman–Crippen MR) is 83.8 cm³/mol. The van der Waals surface area contributed by atoms with E-state index >= 15 is 0 Å². The highest BCUT2D eigenvalue weighted by atomic mass is 35.5. The van der Waals surface area contributed by atoms with Gasteiger partial charge >= 0.3 is 0 Å². The first-order valence-corrected chi connectivity index (χ1v) is 7.66. The van der Waals surface area contributed by atoms with Gasteiger partial charge in [-0.05, 0) is 24.9 Å². The zero-order valence-corrected chi connectivity index (χ0v) is 13.2. The van der Waals surface area contributed by atoms with Crippen LogP contribution in [0.15, 0.2) is 24.7 Å². The van der Waals surface area contributed by atoms with E-state index in [0.29, 0.717) is 23.2 Å². The number of aromatic nitrogens is 3. The summed E-state index contributed by atoms with van der Waals surface area (Å²) >= 11 is 6.15. The molecule has 0 saturated carbocycles. The minimum absolute atomic E-state index is 0.531. The second-order valence-corrected chi connectivity index (χ2v) is 5.24. The van der Waals surface area contributed by atoms with Gasteiger partial charge in [0.15, 0.2) is 5.75 Å². The molecule has 0 spiro atoms. The van der Waals surface area contributed by atoms with Crippen LogP contribution in [0, 0.1) is 0 Å². The molecule has 0 aliphatic heterocycles. The molecule has 5 nitrogen and oxygen atoms in total. The summed E-state index contributed by atoms with van der Waals surface area (Å²) in [5.74, 6) is 1.22. The lowest BCUT2D eigenvalue weighted by atomic mass is 10.2. The molecule has 1 N–H and O–H groups in total. The normalized spacial score (nSPS) is 10.8. The molecule has 0 atom stereocenters. The van der Waals surface area contributed by atoms with Crippen LogP contribution in [0.5, 0.6) is 11.6 Å². The fourth-order valence-electron chi connectivity index (χ4n) is 1.92. The highest BCUT2D eigenvalue weighted by Crippen LogP contribution is 2.23. The van der Waals surface area contributed by atoms with Gasteiger partial charge in [0.2, 0.25) is 5.88 Å². The summed E-state index contributed by atoms with van der Waals surface area (Å²) in [5, 5.41) is 8.19. The lowest BCUT2D eigenvalue weighted by Gasteiger charge is -2.08. The molecule has 0 amide bonds. The highest BCUT2D eigenvalue weighted by Gasteiger charge is 2.06. The van der Waals surface area contributed by atoms with Gasteiger partial charge in [0, 0.05) is 25.4 Å². The second-order valence-electron chi connectivity index (χ2n) is 4.83. The Morgan fingerprint density at radius 2 is 2.14 bits per heavy atom. The molecule has 2 aromatic heterocycles. The summed E-state index contributed by atoms with van der Waals surface area (Å²) < 4.78 is 7.58. The standard InChI is InChI=1S/C15H21ClN4O/c1-3-5-17-8-12-7-15(18-10-14(12)16)21-13-9-19-20(11-13)6-4-2/h7,9-11,17H,3-6,8H2,1-2H3. The third kappa shape index (κ3) is 4.72. The number of ether oxygens (including phenoxy) is 1. The average molecular weight is 309 g/mol. The minimum atomic E-state index is 0.531. The van der Waals surface area contributed by atoms with Crippen molar-refractivity contribution in [2.75, 3.05) is 6.54 Å². The zero-order chi connectivity index (χ0) is 15.1. The first-order chi connectivity index (χ1) is 10.2. The molecule has 2 rings (SSSR count). The van der Waals surface area contributed by atoms with Gasteiger partial charge in [-0.15, -0.1) is 0 Å². The van der Waals surface area contributed by atoms with Crippen LogP contribution in [0.1, 0.15) is 32.3 Å². The van der Waals surface area contributed by atoms with Crippen LogP contribution in [0.25, 0.3) is 0 Å². The number of hydrogen-bond donors (Lipinski definition) is 1. The van der Waals surface area contributed by atoms with Gasteiger partial charge in [0.05, 0.1) is 17.4 Å². The van der Waals surface area contributed by atoms with E-state index in [4.69, 9.17) is 16.3 Å². The van der Waals surface area contributed by atoms with E-state index in [1.54, 1.807) is 12.4 Å². The molecule has 0 aliphatic carbocycles. The quantitative estimate of drug-likeness (QED) is 0.757. The molecule has 21 heavy (non-hydrogen) atoms. The average Bonchev–Trinajstić information content (AvgIpc) is 2.90. The molecule has 2 aromatic rings. The summed E-state index contributed by atoms with van der Waals surface area (Å²) in [6.07, 6.45) is 7.31. The zero-order valence-electron chi connectivity index (χ0n) is 12.5. The van der Waals surface area contributed by atoms with Gasteiger partial charge in [-0.3, -0.25) is 4.68 Å². The van der Waals surface area contributed by atoms with Gasteiger partial charge in [-0.2, -0.15) is 5.10 Å². The fraction of sp³-hybridized carbons (Fsp3) is 0.467. The molecule has 0 unspecified atom stereocenters. The Hall–Kier alpha value is -1.59. The first kappa shape index (κ1) is 15.8. The SMILES string of the molecule is CCCNCc1cc(Oc2cnn(CCC)c2)ncc1Cl. The van der Waals surface area contributed by atoms with E-state index < -0.39 is 0 Å². The topological polar surface area (TPSA) is 52.0 Å². The van der Waals surface area contributed by atoms with Crippen LogP contribution in [0.3, 0.4) is 0 Å². The molecule has 6 heteroatoms. The molecule has 0 aromatic carbocycles. The highest BCUT2D eigenvalue weighted by molar-refractivity contribution is 6.31. The number of pyridine rings is 1. The lowest BCUT2D eigenvalue weighted by Crippen LogP contribution is -2.14. The Morgan fingerprint density at radius 3 is 2.90 bits per heavy atom. The van der Waals surface area contributed by atoms with Crippen LogP contribution in [-0.4, -0.2) is 21.3 Å². The van der Waals surface area contributed by atoms with Crippen molar-refractivity contribution in [2.45, 2.75) is 39.8 Å². The summed E-state index contributed by atoms with van der Waals surface area (Å²) in [5.41, 5.74) is 0.982. The van der Waals surface area contributed by atoms with Gasteiger partial charge in [-0.1, -0.05) is 25.4 Å². The van der Waals surface area contributed by atoms with Crippen molar-refractivity contribution in [1.29, 1.82) is 0 Å². The summed E-state index contributed by atoms with van der Waals surface area (Å²) in [6.45, 7) is 6.78. The van der Waals surface area contributed by atoms with Crippen LogP contribution in [0.2, 0.25) is 5.02 Å². The third-order valence-corrected chi connectivity index (χ3v) is 3.28. The molecule has 0 radical (unpaired) electrons.